The molecule has 0 fully saturated rings. The van der Waals surface area contributed by atoms with Gasteiger partial charge in [0.1, 0.15) is 0 Å². The van der Waals surface area contributed by atoms with E-state index in [9.17, 15) is 0 Å². The molecule has 2 aromatic rings. The monoisotopic (exact) mass is 253 g/mol. The summed E-state index contributed by atoms with van der Waals surface area (Å²) >= 11 is 0. The first kappa shape index (κ1) is 12.0. The van der Waals surface area contributed by atoms with Gasteiger partial charge in [0.25, 0.3) is 0 Å². The second-order valence-corrected chi connectivity index (χ2v) is 4.99. The number of likely N-dealkylation sites (N-methyl/N-ethyl adjacent to an activating group) is 1. The predicted molar refractivity (Wildman–Crippen MR) is 80.6 cm³/mol. The summed E-state index contributed by atoms with van der Waals surface area (Å²) in [6, 6.07) is 15.2. The molecule has 3 nitrogen and oxygen atoms in total. The van der Waals surface area contributed by atoms with Crippen LogP contribution in [-0.4, -0.2) is 37.5 Å². The van der Waals surface area contributed by atoms with Gasteiger partial charge in [-0.25, -0.2) is 0 Å². The Bertz CT molecular complexity index is 604. The Morgan fingerprint density at radius 1 is 1.16 bits per heavy atom. The van der Waals surface area contributed by atoms with Gasteiger partial charge < -0.3 is 10.2 Å². The zero-order valence-corrected chi connectivity index (χ0v) is 11.3. The summed E-state index contributed by atoms with van der Waals surface area (Å²) in [5, 5.41) is 6.02. The van der Waals surface area contributed by atoms with E-state index in [1.807, 2.05) is 0 Å². The predicted octanol–water partition coefficient (Wildman–Crippen LogP) is 2.27. The lowest BCUT2D eigenvalue weighted by Crippen LogP contribution is -2.36. The van der Waals surface area contributed by atoms with Crippen LogP contribution in [0.4, 0.5) is 0 Å². The maximum Gasteiger partial charge on any atom is 0.193 e. The fraction of sp³-hybridized carbons (Fsp3) is 0.312. The van der Waals surface area contributed by atoms with E-state index in [-0.39, 0.29) is 0 Å². The van der Waals surface area contributed by atoms with Gasteiger partial charge >= 0.3 is 0 Å². The Balaban J connectivity index is 1.62. The average molecular weight is 253 g/mol. The molecule has 0 aliphatic carbocycles. The topological polar surface area (TPSA) is 27.6 Å². The molecule has 98 valence electrons. The highest BCUT2D eigenvalue weighted by atomic mass is 15.3. The summed E-state index contributed by atoms with van der Waals surface area (Å²) < 4.78 is 0. The molecule has 2 aromatic carbocycles. The highest BCUT2D eigenvalue weighted by molar-refractivity contribution is 5.83. The molecule has 0 radical (unpaired) electrons. The first-order valence-corrected chi connectivity index (χ1v) is 6.80. The molecule has 0 amide bonds. The van der Waals surface area contributed by atoms with Crippen LogP contribution < -0.4 is 5.32 Å². The van der Waals surface area contributed by atoms with Crippen molar-refractivity contribution in [2.24, 2.45) is 4.99 Å². The Morgan fingerprint density at radius 2 is 2.00 bits per heavy atom. The first-order valence-electron chi connectivity index (χ1n) is 6.80. The molecule has 1 aliphatic heterocycles. The van der Waals surface area contributed by atoms with E-state index in [4.69, 9.17) is 0 Å². The maximum atomic E-state index is 4.43. The summed E-state index contributed by atoms with van der Waals surface area (Å²) in [6.07, 6.45) is 1.03. The first-order chi connectivity index (χ1) is 9.33. The van der Waals surface area contributed by atoms with Crippen molar-refractivity contribution in [2.75, 3.05) is 26.7 Å². The molecule has 1 N–H and O–H groups in total. The average Bonchev–Trinajstić information content (AvgIpc) is 2.84. The van der Waals surface area contributed by atoms with Crippen LogP contribution in [0.1, 0.15) is 5.56 Å². The number of benzene rings is 2. The van der Waals surface area contributed by atoms with Crippen LogP contribution in [0.2, 0.25) is 0 Å². The Kier molecular flexibility index (Phi) is 3.36. The van der Waals surface area contributed by atoms with E-state index < -0.39 is 0 Å². The van der Waals surface area contributed by atoms with Gasteiger partial charge in [-0.1, -0.05) is 42.5 Å². The molecule has 0 atom stereocenters. The van der Waals surface area contributed by atoms with E-state index in [0.717, 1.165) is 32.0 Å². The van der Waals surface area contributed by atoms with Crippen molar-refractivity contribution in [1.82, 2.24) is 10.2 Å². The SMILES string of the molecule is CN1CCN=C1NCCc1ccc2ccccc2c1. The van der Waals surface area contributed by atoms with Crippen molar-refractivity contribution in [3.63, 3.8) is 0 Å². The van der Waals surface area contributed by atoms with Crippen LogP contribution in [0.5, 0.6) is 0 Å². The number of hydrogen-bond donors (Lipinski definition) is 1. The minimum absolute atomic E-state index is 0.912. The third-order valence-electron chi connectivity index (χ3n) is 3.57. The fourth-order valence-electron chi connectivity index (χ4n) is 2.44. The van der Waals surface area contributed by atoms with E-state index >= 15 is 0 Å². The van der Waals surface area contributed by atoms with Gasteiger partial charge in [0, 0.05) is 20.1 Å². The van der Waals surface area contributed by atoms with Gasteiger partial charge in [0.2, 0.25) is 0 Å². The van der Waals surface area contributed by atoms with Crippen molar-refractivity contribution in [1.29, 1.82) is 0 Å². The van der Waals surface area contributed by atoms with Crippen LogP contribution in [0.25, 0.3) is 10.8 Å². The molecule has 0 aromatic heterocycles. The molecule has 3 heteroatoms. The van der Waals surface area contributed by atoms with Crippen molar-refractivity contribution < 1.29 is 0 Å². The highest BCUT2D eigenvalue weighted by Gasteiger charge is 2.10. The van der Waals surface area contributed by atoms with E-state index in [1.54, 1.807) is 0 Å². The largest absolute Gasteiger partial charge is 0.356 e. The Morgan fingerprint density at radius 3 is 2.79 bits per heavy atom. The number of nitrogens with one attached hydrogen (secondary N) is 1. The normalized spacial score (nSPS) is 14.8. The van der Waals surface area contributed by atoms with Crippen LogP contribution in [-0.2, 0) is 6.42 Å². The molecule has 0 bridgehead atoms. The van der Waals surface area contributed by atoms with Crippen LogP contribution in [0.3, 0.4) is 0 Å². The van der Waals surface area contributed by atoms with Crippen LogP contribution in [0.15, 0.2) is 47.5 Å². The van der Waals surface area contributed by atoms with Gasteiger partial charge in [-0.2, -0.15) is 0 Å². The van der Waals surface area contributed by atoms with Gasteiger partial charge in [0.05, 0.1) is 6.54 Å². The number of rotatable bonds is 3. The molecule has 0 unspecified atom stereocenters. The molecule has 1 heterocycles. The summed E-state index contributed by atoms with van der Waals surface area (Å²) in [5.74, 6) is 1.03. The Hall–Kier alpha value is -2.03. The molecule has 0 saturated carbocycles. The lowest BCUT2D eigenvalue weighted by Gasteiger charge is -2.15. The van der Waals surface area contributed by atoms with Crippen LogP contribution >= 0.6 is 0 Å². The van der Waals surface area contributed by atoms with Crippen molar-refractivity contribution >= 4 is 16.7 Å². The third kappa shape index (κ3) is 2.70. The lowest BCUT2D eigenvalue weighted by atomic mass is 10.1. The summed E-state index contributed by atoms with van der Waals surface area (Å²) in [5.41, 5.74) is 1.37. The molecule has 3 rings (SSSR count). The zero-order valence-electron chi connectivity index (χ0n) is 11.3. The molecule has 0 spiro atoms. The number of nitrogens with zero attached hydrogens (tertiary/aromatic N) is 2. The zero-order chi connectivity index (χ0) is 13.1. The third-order valence-corrected chi connectivity index (χ3v) is 3.57. The van der Waals surface area contributed by atoms with Crippen LogP contribution in [0, 0.1) is 0 Å². The number of hydrogen-bond acceptors (Lipinski definition) is 3. The second kappa shape index (κ2) is 5.31. The van der Waals surface area contributed by atoms with Crippen molar-refractivity contribution in [3.05, 3.63) is 48.0 Å². The van der Waals surface area contributed by atoms with E-state index in [2.05, 4.69) is 64.7 Å². The van der Waals surface area contributed by atoms with Crippen molar-refractivity contribution in [3.8, 4) is 0 Å². The van der Waals surface area contributed by atoms with Gasteiger partial charge in [0.15, 0.2) is 5.96 Å². The summed E-state index contributed by atoms with van der Waals surface area (Å²) in [7, 11) is 2.08. The smallest absolute Gasteiger partial charge is 0.193 e. The van der Waals surface area contributed by atoms with Gasteiger partial charge in [-0.3, -0.25) is 4.99 Å². The van der Waals surface area contributed by atoms with Gasteiger partial charge in [-0.15, -0.1) is 0 Å². The molecule has 0 saturated heterocycles. The highest BCUT2D eigenvalue weighted by Crippen LogP contribution is 2.15. The second-order valence-electron chi connectivity index (χ2n) is 4.99. The maximum absolute atomic E-state index is 4.43. The molecular weight excluding hydrogens is 234 g/mol. The molecular formula is C16H19N3. The molecule has 1 aliphatic rings. The van der Waals surface area contributed by atoms with Gasteiger partial charge in [-0.05, 0) is 22.8 Å². The minimum atomic E-state index is 0.912. The quantitative estimate of drug-likeness (QED) is 0.908. The Labute approximate surface area is 114 Å². The molecule has 19 heavy (non-hydrogen) atoms. The lowest BCUT2D eigenvalue weighted by molar-refractivity contribution is 0.534. The summed E-state index contributed by atoms with van der Waals surface area (Å²) in [6.45, 7) is 2.87. The standard InChI is InChI=1S/C16H19N3/c1-19-11-10-18-16(19)17-9-8-13-6-7-14-4-2-3-5-15(14)12-13/h2-7,12H,8-11H2,1H3,(H,17,18). The number of aliphatic imine (C=N–C) groups is 1. The van der Waals surface area contributed by atoms with Crippen molar-refractivity contribution in [2.45, 2.75) is 6.42 Å². The van der Waals surface area contributed by atoms with E-state index in [0.29, 0.717) is 0 Å². The fourth-order valence-corrected chi connectivity index (χ4v) is 2.44. The van der Waals surface area contributed by atoms with E-state index in [1.165, 1.54) is 16.3 Å². The minimum Gasteiger partial charge on any atom is -0.356 e. The number of guanidine groups is 1. The number of fused-ring (bicyclic) bond motifs is 1. The summed E-state index contributed by atoms with van der Waals surface area (Å²) in [4.78, 5) is 6.60.